The van der Waals surface area contributed by atoms with E-state index in [1.54, 1.807) is 16.8 Å². The van der Waals surface area contributed by atoms with Gasteiger partial charge in [-0.05, 0) is 78.6 Å². The monoisotopic (exact) mass is 797 g/mol. The minimum atomic E-state index is -0.334. The number of carbonyl (C=O) groups excluding carboxylic acids is 3. The molecule has 0 bridgehead atoms. The lowest BCUT2D eigenvalue weighted by Crippen LogP contribution is -2.49. The molecule has 4 amide bonds. The Bertz CT molecular complexity index is 2500. The summed E-state index contributed by atoms with van der Waals surface area (Å²) in [5.41, 5.74) is 4.46. The number of rotatable bonds is 11. The lowest BCUT2D eigenvalue weighted by atomic mass is 10.0. The highest BCUT2D eigenvalue weighted by molar-refractivity contribution is 8.00. The standard InChI is InChI=1S/C44H44FN9O3S/c1-27-39-41(52-21-23-53(24-22-52)43(56)34-10-6-8-29-7-2-3-9-33(29)34)48-37(49-42(39)54(51-27)32-19-15-30(45)16-20-32)25-28-13-17-31(18-14-28)46-38(55)12-5-4-11-36-40-35(26-58-36)47-44(57)50-40/h2-3,6-10,13-20,35-36,40H,4-5,11-12,21-26H2,1H3,(H,46,55)(H2,47,50,57)/t35-,36-,40-/m0/s1. The number of nitrogens with one attached hydrogen (secondary N) is 3. The number of piperazine rings is 1. The number of anilines is 2. The van der Waals surface area contributed by atoms with Crippen molar-refractivity contribution >= 4 is 62.9 Å². The van der Waals surface area contributed by atoms with E-state index in [0.717, 1.165) is 63.9 Å². The Morgan fingerprint density at radius 2 is 1.67 bits per heavy atom. The van der Waals surface area contributed by atoms with Gasteiger partial charge >= 0.3 is 6.03 Å². The van der Waals surface area contributed by atoms with Gasteiger partial charge < -0.3 is 25.8 Å². The second-order valence-corrected chi connectivity index (χ2v) is 16.5. The van der Waals surface area contributed by atoms with E-state index in [-0.39, 0.29) is 35.7 Å². The van der Waals surface area contributed by atoms with Crippen molar-refractivity contribution in [3.05, 3.63) is 119 Å². The third kappa shape index (κ3) is 7.68. The number of halogens is 1. The van der Waals surface area contributed by atoms with Crippen molar-refractivity contribution in [3.8, 4) is 5.69 Å². The molecule has 0 unspecified atom stereocenters. The molecule has 3 N–H and O–H groups in total. The summed E-state index contributed by atoms with van der Waals surface area (Å²) >= 11 is 1.89. The van der Waals surface area contributed by atoms with Gasteiger partial charge in [-0.3, -0.25) is 9.59 Å². The smallest absolute Gasteiger partial charge is 0.315 e. The molecule has 0 saturated carbocycles. The lowest BCUT2D eigenvalue weighted by molar-refractivity contribution is -0.116. The first-order chi connectivity index (χ1) is 28.3. The lowest BCUT2D eigenvalue weighted by Gasteiger charge is -2.36. The molecule has 3 aliphatic rings. The van der Waals surface area contributed by atoms with Crippen LogP contribution >= 0.6 is 11.8 Å². The summed E-state index contributed by atoms with van der Waals surface area (Å²) in [6.45, 7) is 4.14. The average Bonchev–Trinajstić information content (AvgIpc) is 3.91. The van der Waals surface area contributed by atoms with E-state index in [9.17, 15) is 18.8 Å². The fourth-order valence-corrected chi connectivity index (χ4v) is 9.91. The van der Waals surface area contributed by atoms with Gasteiger partial charge in [0.25, 0.3) is 5.91 Å². The Morgan fingerprint density at radius 1 is 0.897 bits per heavy atom. The van der Waals surface area contributed by atoms with Crippen LogP contribution in [-0.2, 0) is 11.2 Å². The van der Waals surface area contributed by atoms with E-state index in [1.807, 2.05) is 90.3 Å². The molecule has 0 radical (unpaired) electrons. The van der Waals surface area contributed by atoms with Gasteiger partial charge in [-0.1, -0.05) is 55.0 Å². The van der Waals surface area contributed by atoms with Crippen LogP contribution in [0.15, 0.2) is 91.0 Å². The summed E-state index contributed by atoms with van der Waals surface area (Å²) in [5, 5.41) is 17.1. The van der Waals surface area contributed by atoms with Gasteiger partial charge in [-0.15, -0.1) is 0 Å². The maximum Gasteiger partial charge on any atom is 0.315 e. The number of nitrogens with zero attached hydrogens (tertiary/aromatic N) is 6. The second-order valence-electron chi connectivity index (χ2n) is 15.2. The van der Waals surface area contributed by atoms with Crippen LogP contribution in [-0.4, -0.2) is 91.8 Å². The zero-order chi connectivity index (χ0) is 39.8. The maximum absolute atomic E-state index is 13.9. The van der Waals surface area contributed by atoms with Crippen LogP contribution in [0.4, 0.5) is 20.7 Å². The second kappa shape index (κ2) is 16.1. The Labute approximate surface area is 339 Å². The van der Waals surface area contributed by atoms with Crippen molar-refractivity contribution in [1.82, 2.24) is 35.3 Å². The van der Waals surface area contributed by atoms with Crippen molar-refractivity contribution < 1.29 is 18.8 Å². The number of carbonyl (C=O) groups is 3. The van der Waals surface area contributed by atoms with Crippen LogP contribution in [0.25, 0.3) is 27.5 Å². The number of thioether (sulfide) groups is 1. The third-order valence-electron chi connectivity index (χ3n) is 11.4. The third-order valence-corrected chi connectivity index (χ3v) is 12.9. The number of urea groups is 1. The number of fused-ring (bicyclic) bond motifs is 3. The van der Waals surface area contributed by atoms with Crippen LogP contribution in [0.1, 0.15) is 53.1 Å². The van der Waals surface area contributed by atoms with E-state index < -0.39 is 0 Å². The van der Waals surface area contributed by atoms with Crippen molar-refractivity contribution in [3.63, 3.8) is 0 Å². The summed E-state index contributed by atoms with van der Waals surface area (Å²) in [7, 11) is 0. The number of amides is 4. The molecule has 5 heterocycles. The summed E-state index contributed by atoms with van der Waals surface area (Å²) in [6.07, 6.45) is 3.54. The zero-order valence-electron chi connectivity index (χ0n) is 32.2. The Balaban J connectivity index is 0.892. The molecule has 9 rings (SSSR count). The summed E-state index contributed by atoms with van der Waals surface area (Å²) in [5.74, 6) is 1.93. The number of aryl methyl sites for hydroxylation is 1. The fourth-order valence-electron chi connectivity index (χ4n) is 8.37. The first-order valence-electron chi connectivity index (χ1n) is 19.9. The molecule has 0 spiro atoms. The van der Waals surface area contributed by atoms with Crippen molar-refractivity contribution in [1.29, 1.82) is 0 Å². The van der Waals surface area contributed by atoms with Crippen LogP contribution in [0.2, 0.25) is 0 Å². The van der Waals surface area contributed by atoms with Gasteiger partial charge in [0.15, 0.2) is 5.65 Å². The molecule has 296 valence electrons. The molecule has 0 aliphatic carbocycles. The number of hydrogen-bond donors (Lipinski definition) is 3. The van der Waals surface area contributed by atoms with E-state index in [2.05, 4.69) is 20.9 Å². The van der Waals surface area contributed by atoms with E-state index in [0.29, 0.717) is 67.0 Å². The molecule has 3 fully saturated rings. The molecule has 12 nitrogen and oxygen atoms in total. The minimum Gasteiger partial charge on any atom is -0.352 e. The van der Waals surface area contributed by atoms with E-state index >= 15 is 0 Å². The van der Waals surface area contributed by atoms with Crippen molar-refractivity contribution in [2.45, 2.75) is 56.4 Å². The first kappa shape index (κ1) is 37.6. The van der Waals surface area contributed by atoms with E-state index in [4.69, 9.17) is 15.1 Å². The quantitative estimate of drug-likeness (QED) is 0.0982. The Kier molecular flexibility index (Phi) is 10.4. The van der Waals surface area contributed by atoms with E-state index in [1.165, 1.54) is 12.1 Å². The van der Waals surface area contributed by atoms with Gasteiger partial charge in [0, 0.05) is 61.3 Å². The molecular formula is C44H44FN9O3S. The van der Waals surface area contributed by atoms with Crippen LogP contribution in [0.5, 0.6) is 0 Å². The number of benzene rings is 4. The molecule has 6 aromatic rings. The largest absolute Gasteiger partial charge is 0.352 e. The number of hydrogen-bond acceptors (Lipinski definition) is 8. The Hall–Kier alpha value is -6.02. The highest BCUT2D eigenvalue weighted by Gasteiger charge is 2.42. The summed E-state index contributed by atoms with van der Waals surface area (Å²) in [4.78, 5) is 52.6. The number of aromatic nitrogens is 4. The van der Waals surface area contributed by atoms with Crippen LogP contribution in [0.3, 0.4) is 0 Å². The van der Waals surface area contributed by atoms with Crippen LogP contribution in [0, 0.1) is 12.7 Å². The first-order valence-corrected chi connectivity index (χ1v) is 20.9. The van der Waals surface area contributed by atoms with Gasteiger partial charge in [-0.25, -0.2) is 23.8 Å². The van der Waals surface area contributed by atoms with Crippen LogP contribution < -0.4 is 20.9 Å². The highest BCUT2D eigenvalue weighted by atomic mass is 32.2. The van der Waals surface area contributed by atoms with Gasteiger partial charge in [-0.2, -0.15) is 16.9 Å². The van der Waals surface area contributed by atoms with Crippen molar-refractivity contribution in [2.24, 2.45) is 0 Å². The molecule has 58 heavy (non-hydrogen) atoms. The predicted molar refractivity (Wildman–Crippen MR) is 225 cm³/mol. The van der Waals surface area contributed by atoms with Crippen molar-refractivity contribution in [2.75, 3.05) is 42.1 Å². The minimum absolute atomic E-state index is 0.0145. The molecule has 2 aromatic heterocycles. The Morgan fingerprint density at radius 3 is 2.48 bits per heavy atom. The molecule has 3 saturated heterocycles. The molecule has 4 aromatic carbocycles. The topological polar surface area (TPSA) is 137 Å². The molecular weight excluding hydrogens is 754 g/mol. The SMILES string of the molecule is Cc1nn(-c2ccc(F)cc2)c2nc(Cc3ccc(NC(=O)CCCC[C@@H]4SC[C@@H]5NC(=O)N[C@@H]54)cc3)nc(N3CCN(C(=O)c4cccc5ccccc45)CC3)c12. The predicted octanol–water partition coefficient (Wildman–Crippen LogP) is 6.63. The summed E-state index contributed by atoms with van der Waals surface area (Å²) < 4.78 is 15.7. The van der Waals surface area contributed by atoms with Gasteiger partial charge in [0.2, 0.25) is 5.91 Å². The molecule has 14 heteroatoms. The molecule has 3 aliphatic heterocycles. The van der Waals surface area contributed by atoms with Gasteiger partial charge in [0.05, 0.1) is 28.9 Å². The fraction of sp³-hybridized carbons (Fsp3) is 0.318. The summed E-state index contributed by atoms with van der Waals surface area (Å²) in [6, 6.07) is 28.1. The zero-order valence-corrected chi connectivity index (χ0v) is 33.0. The molecule has 3 atom stereocenters. The highest BCUT2D eigenvalue weighted by Crippen LogP contribution is 2.34. The average molecular weight is 798 g/mol. The van der Waals surface area contributed by atoms with Gasteiger partial charge in [0.1, 0.15) is 17.5 Å². The maximum atomic E-state index is 13.9. The normalized spacial score (nSPS) is 19.0. The number of unbranched alkanes of at least 4 members (excludes halogenated alkanes) is 1.